The Morgan fingerprint density at radius 2 is 1.21 bits per heavy atom. The molecule has 1 nitrogen and oxygen atoms in total. The number of thiophene rings is 1. The Labute approximate surface area is 232 Å². The summed E-state index contributed by atoms with van der Waals surface area (Å²) in [7, 11) is 0. The fraction of sp³-hybridized carbons (Fsp3) is 0.0811. The number of fused-ring (bicyclic) bond motifs is 8. The molecule has 1 aliphatic rings. The van der Waals surface area contributed by atoms with Crippen molar-refractivity contribution in [2.45, 2.75) is 19.3 Å². The van der Waals surface area contributed by atoms with Gasteiger partial charge in [0.1, 0.15) is 0 Å². The minimum Gasteiger partial charge on any atom is -0.309 e. The van der Waals surface area contributed by atoms with Crippen molar-refractivity contribution < 1.29 is 0 Å². The van der Waals surface area contributed by atoms with Gasteiger partial charge in [-0.3, -0.25) is 0 Å². The zero-order valence-corrected chi connectivity index (χ0v) is 22.8. The normalized spacial score (nSPS) is 13.6. The maximum Gasteiger partial charge on any atom is 0.0547 e. The van der Waals surface area contributed by atoms with E-state index in [2.05, 4.69) is 146 Å². The fourth-order valence-corrected chi connectivity index (χ4v) is 7.84. The summed E-state index contributed by atoms with van der Waals surface area (Å²) in [5.41, 5.74) is 8.99. The third-order valence-electron chi connectivity index (χ3n) is 8.44. The van der Waals surface area contributed by atoms with Gasteiger partial charge in [-0.15, -0.1) is 11.3 Å². The molecular formula is C37H27NS. The van der Waals surface area contributed by atoms with E-state index in [1.165, 1.54) is 64.6 Å². The summed E-state index contributed by atoms with van der Waals surface area (Å²) in [4.78, 5) is 2.49. The first-order valence-corrected chi connectivity index (χ1v) is 14.4. The SMILES string of the molecule is CC1(C)c2ccccc2-c2c(N(c3ccccc3)c3cc4c5ccccc5sc4c4ccccc34)cccc21. The Balaban J connectivity index is 1.51. The molecule has 0 fully saturated rings. The Kier molecular flexibility index (Phi) is 4.80. The number of para-hydroxylation sites is 1. The second-order valence-electron chi connectivity index (χ2n) is 11.0. The highest BCUT2D eigenvalue weighted by Crippen LogP contribution is 2.55. The number of rotatable bonds is 3. The van der Waals surface area contributed by atoms with Gasteiger partial charge in [0.15, 0.2) is 0 Å². The molecular weight excluding hydrogens is 490 g/mol. The summed E-state index contributed by atoms with van der Waals surface area (Å²) in [6.45, 7) is 4.71. The van der Waals surface area contributed by atoms with Crippen LogP contribution in [-0.2, 0) is 5.41 Å². The van der Waals surface area contributed by atoms with Crippen LogP contribution in [0.15, 0.2) is 127 Å². The van der Waals surface area contributed by atoms with Crippen molar-refractivity contribution in [3.63, 3.8) is 0 Å². The van der Waals surface area contributed by atoms with Crippen molar-refractivity contribution >= 4 is 59.3 Å². The van der Waals surface area contributed by atoms with Gasteiger partial charge in [-0.05, 0) is 47.0 Å². The summed E-state index contributed by atoms with van der Waals surface area (Å²) in [6, 6.07) is 46.8. The fourth-order valence-electron chi connectivity index (χ4n) is 6.62. The Morgan fingerprint density at radius 3 is 2.05 bits per heavy atom. The molecule has 0 amide bonds. The van der Waals surface area contributed by atoms with E-state index >= 15 is 0 Å². The molecule has 1 aromatic heterocycles. The van der Waals surface area contributed by atoms with Gasteiger partial charge in [-0.2, -0.15) is 0 Å². The molecule has 0 bridgehead atoms. The monoisotopic (exact) mass is 517 g/mol. The number of hydrogen-bond donors (Lipinski definition) is 0. The van der Waals surface area contributed by atoms with Crippen molar-refractivity contribution in [1.82, 2.24) is 0 Å². The molecule has 0 saturated heterocycles. The van der Waals surface area contributed by atoms with Crippen LogP contribution in [0, 0.1) is 0 Å². The third-order valence-corrected chi connectivity index (χ3v) is 9.66. The molecule has 0 atom stereocenters. The van der Waals surface area contributed by atoms with E-state index in [9.17, 15) is 0 Å². The van der Waals surface area contributed by atoms with Crippen LogP contribution in [0.3, 0.4) is 0 Å². The van der Waals surface area contributed by atoms with Crippen LogP contribution in [-0.4, -0.2) is 0 Å². The average Bonchev–Trinajstić information content (AvgIpc) is 3.47. The molecule has 0 N–H and O–H groups in total. The van der Waals surface area contributed by atoms with E-state index in [4.69, 9.17) is 0 Å². The van der Waals surface area contributed by atoms with E-state index < -0.39 is 0 Å². The van der Waals surface area contributed by atoms with E-state index in [0.717, 1.165) is 5.69 Å². The standard InChI is InChI=1S/C37H27NS/c1-37(2)30-19-10-8-18-28(30)35-31(37)20-12-21-32(35)38(24-13-4-3-5-14-24)33-23-29-26-16-9-11-22-34(26)39-36(29)27-17-7-6-15-25(27)33/h3-23H,1-2H3. The summed E-state index contributed by atoms with van der Waals surface area (Å²) in [5.74, 6) is 0. The van der Waals surface area contributed by atoms with E-state index in [1.807, 2.05) is 11.3 Å². The second kappa shape index (κ2) is 8.30. The first kappa shape index (κ1) is 22.6. The molecule has 0 saturated carbocycles. The Morgan fingerprint density at radius 1 is 0.538 bits per heavy atom. The van der Waals surface area contributed by atoms with Crippen LogP contribution < -0.4 is 4.90 Å². The summed E-state index contributed by atoms with van der Waals surface area (Å²) in [6.07, 6.45) is 0. The lowest BCUT2D eigenvalue weighted by Crippen LogP contribution is -2.16. The minimum absolute atomic E-state index is 0.0557. The number of anilines is 3. The zero-order valence-electron chi connectivity index (χ0n) is 22.0. The maximum absolute atomic E-state index is 2.49. The predicted molar refractivity (Wildman–Crippen MR) is 169 cm³/mol. The van der Waals surface area contributed by atoms with Gasteiger partial charge in [0.25, 0.3) is 0 Å². The summed E-state index contributed by atoms with van der Waals surface area (Å²) < 4.78 is 2.69. The van der Waals surface area contributed by atoms with E-state index in [1.54, 1.807) is 0 Å². The minimum atomic E-state index is -0.0557. The average molecular weight is 518 g/mol. The molecule has 2 heteroatoms. The van der Waals surface area contributed by atoms with Gasteiger partial charge >= 0.3 is 0 Å². The number of benzene rings is 6. The summed E-state index contributed by atoms with van der Waals surface area (Å²) in [5, 5.41) is 5.21. The lowest BCUT2D eigenvalue weighted by Gasteiger charge is -2.30. The van der Waals surface area contributed by atoms with E-state index in [0.29, 0.717) is 0 Å². The van der Waals surface area contributed by atoms with Crippen molar-refractivity contribution in [3.8, 4) is 11.1 Å². The zero-order chi connectivity index (χ0) is 26.1. The molecule has 8 rings (SSSR count). The molecule has 186 valence electrons. The molecule has 1 aliphatic carbocycles. The van der Waals surface area contributed by atoms with Crippen LogP contribution in [0.1, 0.15) is 25.0 Å². The highest BCUT2D eigenvalue weighted by molar-refractivity contribution is 7.26. The molecule has 0 spiro atoms. The van der Waals surface area contributed by atoms with Crippen LogP contribution in [0.5, 0.6) is 0 Å². The predicted octanol–water partition coefficient (Wildman–Crippen LogP) is 11.0. The van der Waals surface area contributed by atoms with Crippen LogP contribution >= 0.6 is 11.3 Å². The van der Waals surface area contributed by atoms with Gasteiger partial charge in [-0.25, -0.2) is 0 Å². The van der Waals surface area contributed by atoms with Gasteiger partial charge in [0, 0.05) is 47.6 Å². The first-order valence-electron chi connectivity index (χ1n) is 13.5. The van der Waals surface area contributed by atoms with Crippen LogP contribution in [0.25, 0.3) is 42.1 Å². The van der Waals surface area contributed by atoms with Crippen LogP contribution in [0.2, 0.25) is 0 Å². The molecule has 0 unspecified atom stereocenters. The topological polar surface area (TPSA) is 3.24 Å². The van der Waals surface area contributed by atoms with Gasteiger partial charge in [0.2, 0.25) is 0 Å². The molecule has 39 heavy (non-hydrogen) atoms. The van der Waals surface area contributed by atoms with Crippen molar-refractivity contribution in [1.29, 1.82) is 0 Å². The van der Waals surface area contributed by atoms with Gasteiger partial charge in [0.05, 0.1) is 11.4 Å². The smallest absolute Gasteiger partial charge is 0.0547 e. The second-order valence-corrected chi connectivity index (χ2v) is 12.0. The largest absolute Gasteiger partial charge is 0.309 e. The number of hydrogen-bond acceptors (Lipinski definition) is 2. The molecule has 0 aliphatic heterocycles. The Hall–Kier alpha value is -4.40. The first-order chi connectivity index (χ1) is 19.1. The van der Waals surface area contributed by atoms with Crippen molar-refractivity contribution in [3.05, 3.63) is 139 Å². The highest BCUT2D eigenvalue weighted by Gasteiger charge is 2.37. The summed E-state index contributed by atoms with van der Waals surface area (Å²) >= 11 is 1.90. The lowest BCUT2D eigenvalue weighted by atomic mass is 9.82. The third kappa shape index (κ3) is 3.19. The maximum atomic E-state index is 2.49. The Bertz CT molecular complexity index is 2050. The van der Waals surface area contributed by atoms with Crippen LogP contribution in [0.4, 0.5) is 17.1 Å². The van der Waals surface area contributed by atoms with Gasteiger partial charge < -0.3 is 4.90 Å². The molecule has 7 aromatic rings. The molecule has 6 aromatic carbocycles. The van der Waals surface area contributed by atoms with E-state index in [-0.39, 0.29) is 5.41 Å². The van der Waals surface area contributed by atoms with Crippen molar-refractivity contribution in [2.75, 3.05) is 4.90 Å². The highest BCUT2D eigenvalue weighted by atomic mass is 32.1. The molecule has 0 radical (unpaired) electrons. The molecule has 1 heterocycles. The number of nitrogens with zero attached hydrogens (tertiary/aromatic N) is 1. The van der Waals surface area contributed by atoms with Crippen molar-refractivity contribution in [2.24, 2.45) is 0 Å². The lowest BCUT2D eigenvalue weighted by molar-refractivity contribution is 0.660. The van der Waals surface area contributed by atoms with Gasteiger partial charge in [-0.1, -0.05) is 111 Å². The quantitative estimate of drug-likeness (QED) is 0.225.